The lowest BCUT2D eigenvalue weighted by atomic mass is 9.91. The summed E-state index contributed by atoms with van der Waals surface area (Å²) in [5.74, 6) is -10.4. The highest BCUT2D eigenvalue weighted by molar-refractivity contribution is 5.99. The van der Waals surface area contributed by atoms with Crippen molar-refractivity contribution < 1.29 is 63.0 Å². The van der Waals surface area contributed by atoms with Crippen molar-refractivity contribution in [3.8, 4) is 0 Å². The first kappa shape index (κ1) is 77.8. The number of hydrogen-bond acceptors (Lipinski definition) is 13. The zero-order chi connectivity index (χ0) is 66.7. The topological polar surface area (TPSA) is 308 Å². The minimum atomic E-state index is -1.74. The molecular formula is C62H111N11O13. The Hall–Kier alpha value is -6.17. The van der Waals surface area contributed by atoms with E-state index in [2.05, 4.69) is 26.6 Å². The van der Waals surface area contributed by atoms with E-state index in [9.17, 15) is 58.2 Å². The van der Waals surface area contributed by atoms with Gasteiger partial charge in [-0.05, 0) is 108 Å². The van der Waals surface area contributed by atoms with E-state index in [1.165, 1.54) is 77.8 Å². The molecule has 0 saturated carbocycles. The summed E-state index contributed by atoms with van der Waals surface area (Å²) in [6.45, 7) is 28.7. The molecule has 11 amide bonds. The molecule has 0 aliphatic carbocycles. The number of carbonyl (C=O) groups excluding carboxylic acids is 11. The van der Waals surface area contributed by atoms with E-state index in [-0.39, 0.29) is 68.1 Å². The number of allylic oxidation sites excluding steroid dienone is 2. The first-order valence-corrected chi connectivity index (χ1v) is 30.7. The average Bonchev–Trinajstić information content (AvgIpc) is 2.17. The van der Waals surface area contributed by atoms with E-state index < -0.39 is 156 Å². The van der Waals surface area contributed by atoms with Crippen molar-refractivity contribution in [3.63, 3.8) is 0 Å². The number of nitrogens with zero attached hydrogens (tertiary/aromatic N) is 6. The van der Waals surface area contributed by atoms with Crippen molar-refractivity contribution in [3.05, 3.63) is 12.2 Å². The number of rotatable bonds is 16. The number of amides is 11. The minimum absolute atomic E-state index is 0.0945. The van der Waals surface area contributed by atoms with Crippen LogP contribution in [-0.2, 0) is 52.7 Å². The van der Waals surface area contributed by atoms with Crippen LogP contribution in [0.1, 0.15) is 156 Å². The second-order valence-corrected chi connectivity index (χ2v) is 26.4. The summed E-state index contributed by atoms with van der Waals surface area (Å²) >= 11 is 0. The van der Waals surface area contributed by atoms with Gasteiger partial charge in [0, 0.05) is 42.3 Å². The Kier molecular flexibility index (Phi) is 32.2. The summed E-state index contributed by atoms with van der Waals surface area (Å²) in [5, 5.41) is 36.8. The maximum Gasteiger partial charge on any atom is 0.248 e. The SMILES string of the molecule is C/C=C/CC(C)C(O)C1C(=O)NC(C(C)O)C(=O)N(C)CC(=O)N(C)[C@@H](CC(C)C)C(=O)NC(CC(C)C)C(=O)N(C)C(CC(C)C)C(=O)NC(C)C(=O)NC(C)C(=O)N(C)C(CC(C)C)C(=O)NC(CC(C)C)C(=O)N(C)C(C(C)C)C(=O)N1C. The van der Waals surface area contributed by atoms with Crippen LogP contribution in [0.4, 0.5) is 0 Å². The lowest BCUT2D eigenvalue weighted by Crippen LogP contribution is -2.64. The van der Waals surface area contributed by atoms with Crippen LogP contribution in [0.15, 0.2) is 12.2 Å². The second kappa shape index (κ2) is 35.6. The number of aliphatic hydroxyl groups is 2. The van der Waals surface area contributed by atoms with E-state index in [1.807, 2.05) is 69.2 Å². The number of aliphatic hydroxyl groups excluding tert-OH is 2. The summed E-state index contributed by atoms with van der Waals surface area (Å²) in [7, 11) is 8.15. The molecular weight excluding hydrogens is 1110 g/mol. The molecule has 1 fully saturated rings. The number of nitrogens with one attached hydrogen (secondary N) is 5. The molecule has 86 heavy (non-hydrogen) atoms. The Balaban J connectivity index is 4.33. The van der Waals surface area contributed by atoms with Crippen molar-refractivity contribution in [2.75, 3.05) is 48.8 Å². The molecule has 492 valence electrons. The van der Waals surface area contributed by atoms with E-state index in [4.69, 9.17) is 0 Å². The van der Waals surface area contributed by atoms with Gasteiger partial charge < -0.3 is 66.2 Å². The minimum Gasteiger partial charge on any atom is -0.391 e. The van der Waals surface area contributed by atoms with Crippen LogP contribution in [0, 0.1) is 41.4 Å². The molecule has 0 bridgehead atoms. The number of hydrogen-bond donors (Lipinski definition) is 7. The van der Waals surface area contributed by atoms with E-state index in [0.29, 0.717) is 0 Å². The second-order valence-electron chi connectivity index (χ2n) is 26.4. The monoisotopic (exact) mass is 1220 g/mol. The van der Waals surface area contributed by atoms with Crippen LogP contribution in [0.5, 0.6) is 0 Å². The quantitative estimate of drug-likeness (QED) is 0.109. The summed E-state index contributed by atoms with van der Waals surface area (Å²) in [6, 6.07) is -13.2. The first-order chi connectivity index (χ1) is 39.6. The predicted octanol–water partition coefficient (Wildman–Crippen LogP) is 2.29. The number of likely N-dealkylation sites (N-methyl/N-ethyl adjacent to an activating group) is 6. The lowest BCUT2D eigenvalue weighted by Gasteiger charge is -2.40. The zero-order valence-corrected chi connectivity index (χ0v) is 56.1. The molecule has 1 aliphatic heterocycles. The first-order valence-electron chi connectivity index (χ1n) is 30.7. The molecule has 0 aromatic heterocycles. The summed E-state index contributed by atoms with van der Waals surface area (Å²) in [4.78, 5) is 166. The molecule has 1 aliphatic rings. The summed E-state index contributed by atoms with van der Waals surface area (Å²) < 4.78 is 0. The van der Waals surface area contributed by atoms with Gasteiger partial charge in [-0.1, -0.05) is 102 Å². The van der Waals surface area contributed by atoms with Crippen molar-refractivity contribution in [2.45, 2.75) is 229 Å². The Morgan fingerprint density at radius 2 is 0.826 bits per heavy atom. The van der Waals surface area contributed by atoms with Gasteiger partial charge in [0.25, 0.3) is 0 Å². The molecule has 0 radical (unpaired) electrons. The van der Waals surface area contributed by atoms with Crippen LogP contribution in [0.25, 0.3) is 0 Å². The zero-order valence-electron chi connectivity index (χ0n) is 56.1. The van der Waals surface area contributed by atoms with Gasteiger partial charge in [0.2, 0.25) is 65.0 Å². The van der Waals surface area contributed by atoms with E-state index in [1.54, 1.807) is 39.8 Å². The van der Waals surface area contributed by atoms with Gasteiger partial charge in [0.05, 0.1) is 18.8 Å². The van der Waals surface area contributed by atoms with Crippen LogP contribution < -0.4 is 26.6 Å². The fraction of sp³-hybridized carbons (Fsp3) is 0.790. The molecule has 0 aromatic carbocycles. The van der Waals surface area contributed by atoms with Crippen molar-refractivity contribution in [1.82, 2.24) is 56.0 Å². The highest BCUT2D eigenvalue weighted by Crippen LogP contribution is 2.24. The summed E-state index contributed by atoms with van der Waals surface area (Å²) in [6.07, 6.45) is 1.20. The molecule has 0 aromatic rings. The van der Waals surface area contributed by atoms with Gasteiger partial charge in [0.1, 0.15) is 60.4 Å². The van der Waals surface area contributed by atoms with Crippen LogP contribution in [0.2, 0.25) is 0 Å². The Morgan fingerprint density at radius 3 is 1.23 bits per heavy atom. The van der Waals surface area contributed by atoms with Crippen LogP contribution in [-0.4, -0.2) is 226 Å². The summed E-state index contributed by atoms with van der Waals surface area (Å²) in [5.41, 5.74) is 0. The van der Waals surface area contributed by atoms with E-state index >= 15 is 4.79 Å². The van der Waals surface area contributed by atoms with Crippen LogP contribution >= 0.6 is 0 Å². The Morgan fingerprint density at radius 1 is 0.442 bits per heavy atom. The maximum absolute atomic E-state index is 15.1. The highest BCUT2D eigenvalue weighted by atomic mass is 16.3. The molecule has 0 spiro atoms. The third kappa shape index (κ3) is 22.8. The normalized spacial score (nSPS) is 27.0. The highest BCUT2D eigenvalue weighted by Gasteiger charge is 2.45. The lowest BCUT2D eigenvalue weighted by molar-refractivity contribution is -0.155. The largest absolute Gasteiger partial charge is 0.391 e. The van der Waals surface area contributed by atoms with Crippen molar-refractivity contribution in [2.24, 2.45) is 41.4 Å². The molecule has 7 N–H and O–H groups in total. The average molecular weight is 1220 g/mol. The van der Waals surface area contributed by atoms with Gasteiger partial charge in [-0.25, -0.2) is 0 Å². The van der Waals surface area contributed by atoms with Crippen LogP contribution in [0.3, 0.4) is 0 Å². The molecule has 1 saturated heterocycles. The number of carbonyl (C=O) groups is 11. The fourth-order valence-electron chi connectivity index (χ4n) is 10.6. The third-order valence-corrected chi connectivity index (χ3v) is 15.7. The van der Waals surface area contributed by atoms with Gasteiger partial charge in [-0.15, -0.1) is 0 Å². The molecule has 1 rings (SSSR count). The molecule has 1 heterocycles. The molecule has 12 unspecified atom stereocenters. The van der Waals surface area contributed by atoms with Gasteiger partial charge in [0.15, 0.2) is 0 Å². The van der Waals surface area contributed by atoms with Gasteiger partial charge in [-0.3, -0.25) is 52.7 Å². The third-order valence-electron chi connectivity index (χ3n) is 15.7. The maximum atomic E-state index is 15.1. The predicted molar refractivity (Wildman–Crippen MR) is 330 cm³/mol. The van der Waals surface area contributed by atoms with Crippen molar-refractivity contribution >= 4 is 65.0 Å². The smallest absolute Gasteiger partial charge is 0.248 e. The molecule has 13 atom stereocenters. The Bertz CT molecular complexity index is 2340. The molecule has 24 heteroatoms. The fourth-order valence-corrected chi connectivity index (χ4v) is 10.6. The standard InChI is InChI=1S/C62H111N11O13/c1-24-25-26-39(14)52(76)51-57(81)67-49(42(17)74)61(85)68(18)32-48(75)69(19)45(29-35(6)7)55(79)65-43(27-33(2)3)59(83)71(21)46(30-36(8)9)54(78)63-40(15)53(77)64-41(16)58(82)70(20)47(31-37(10)11)56(80)66-44(28-34(4)5)60(84)72(22)50(38(12)13)62(86)73(51)23/h24-25,33-47,49-52,74,76H,26-32H2,1-23H3,(H,63,78)(H,64,77)(H,65,79)(H,66,80)(H,67,81)/b25-24+/t39?,40?,41?,42?,43?,44?,45-,46?,47?,49?,50?,51?,52?/m0/s1. The van der Waals surface area contributed by atoms with Crippen molar-refractivity contribution in [1.29, 1.82) is 0 Å². The van der Waals surface area contributed by atoms with Gasteiger partial charge >= 0.3 is 0 Å². The van der Waals surface area contributed by atoms with Gasteiger partial charge in [-0.2, -0.15) is 0 Å². The molecule has 24 nitrogen and oxygen atoms in total. The Labute approximate surface area is 513 Å². The van der Waals surface area contributed by atoms with E-state index in [0.717, 1.165) is 14.7 Å².